The lowest BCUT2D eigenvalue weighted by Gasteiger charge is -2.35. The summed E-state index contributed by atoms with van der Waals surface area (Å²) in [4.78, 5) is 27.0. The lowest BCUT2D eigenvalue weighted by Crippen LogP contribution is -2.49. The van der Waals surface area contributed by atoms with Gasteiger partial charge in [-0.15, -0.1) is 0 Å². The van der Waals surface area contributed by atoms with Crippen LogP contribution in [0.2, 0.25) is 0 Å². The van der Waals surface area contributed by atoms with E-state index in [1.807, 2.05) is 35.2 Å². The summed E-state index contributed by atoms with van der Waals surface area (Å²) in [6.07, 6.45) is 1.53. The molecule has 2 aromatic rings. The second-order valence-electron chi connectivity index (χ2n) is 6.98. The summed E-state index contributed by atoms with van der Waals surface area (Å²) in [6.45, 7) is 2.84. The zero-order chi connectivity index (χ0) is 20.1. The molecule has 5 nitrogen and oxygen atoms in total. The molecule has 2 aromatic carbocycles. The van der Waals surface area contributed by atoms with Gasteiger partial charge in [0.15, 0.2) is 0 Å². The number of rotatable bonds is 5. The zero-order valence-corrected chi connectivity index (χ0v) is 15.6. The Labute approximate surface area is 162 Å². The van der Waals surface area contributed by atoms with E-state index in [1.54, 1.807) is 6.92 Å². The first-order valence-corrected chi connectivity index (χ1v) is 9.30. The number of hydrogen-bond acceptors (Lipinski definition) is 3. The number of nitrogens with zero attached hydrogens (tertiary/aromatic N) is 1. The van der Waals surface area contributed by atoms with Gasteiger partial charge in [0, 0.05) is 18.3 Å². The Balaban J connectivity index is 1.59. The number of anilines is 2. The molecule has 2 N–H and O–H groups in total. The van der Waals surface area contributed by atoms with Crippen molar-refractivity contribution >= 4 is 23.2 Å². The van der Waals surface area contributed by atoms with Gasteiger partial charge in [-0.05, 0) is 50.6 Å². The van der Waals surface area contributed by atoms with Crippen molar-refractivity contribution in [1.29, 1.82) is 0 Å². The van der Waals surface area contributed by atoms with E-state index in [9.17, 15) is 18.4 Å². The van der Waals surface area contributed by atoms with Crippen molar-refractivity contribution in [1.82, 2.24) is 4.90 Å². The van der Waals surface area contributed by atoms with Gasteiger partial charge in [0.1, 0.15) is 11.6 Å². The molecule has 148 valence electrons. The SMILES string of the molecule is C[C@@H](C(=O)Nc1ccc(F)cc1F)N1CCC[C@@H](C(=O)Nc2ccccc2)C1. The first-order valence-electron chi connectivity index (χ1n) is 9.30. The highest BCUT2D eigenvalue weighted by Crippen LogP contribution is 2.22. The van der Waals surface area contributed by atoms with E-state index in [1.165, 1.54) is 6.07 Å². The first-order chi connectivity index (χ1) is 13.4. The minimum absolute atomic E-state index is 0.0615. The molecule has 0 bridgehead atoms. The molecule has 7 heteroatoms. The number of likely N-dealkylation sites (tertiary alicyclic amines) is 1. The molecule has 1 aliphatic rings. The second-order valence-corrected chi connectivity index (χ2v) is 6.98. The number of carbonyl (C=O) groups excluding carboxylic acids is 2. The van der Waals surface area contributed by atoms with Gasteiger partial charge in [-0.2, -0.15) is 0 Å². The molecule has 0 aromatic heterocycles. The predicted molar refractivity (Wildman–Crippen MR) is 104 cm³/mol. The molecule has 0 spiro atoms. The maximum absolute atomic E-state index is 13.8. The predicted octanol–water partition coefficient (Wildman–Crippen LogP) is 3.64. The fourth-order valence-electron chi connectivity index (χ4n) is 3.33. The lowest BCUT2D eigenvalue weighted by atomic mass is 9.95. The van der Waals surface area contributed by atoms with Crippen molar-refractivity contribution < 1.29 is 18.4 Å². The van der Waals surface area contributed by atoms with Gasteiger partial charge in [-0.25, -0.2) is 8.78 Å². The van der Waals surface area contributed by atoms with E-state index in [-0.39, 0.29) is 17.5 Å². The fourth-order valence-corrected chi connectivity index (χ4v) is 3.33. The van der Waals surface area contributed by atoms with Crippen molar-refractivity contribution in [2.24, 2.45) is 5.92 Å². The van der Waals surface area contributed by atoms with E-state index < -0.39 is 23.6 Å². The Bertz CT molecular complexity index is 845. The number of halogens is 2. The molecule has 0 radical (unpaired) electrons. The number of para-hydroxylation sites is 1. The molecule has 1 fully saturated rings. The summed E-state index contributed by atoms with van der Waals surface area (Å²) in [5.41, 5.74) is 0.677. The van der Waals surface area contributed by atoms with Crippen LogP contribution in [0, 0.1) is 17.6 Å². The number of nitrogens with one attached hydrogen (secondary N) is 2. The average Bonchev–Trinajstić information content (AvgIpc) is 2.70. The van der Waals surface area contributed by atoms with Crippen LogP contribution < -0.4 is 10.6 Å². The van der Waals surface area contributed by atoms with Crippen LogP contribution in [0.3, 0.4) is 0 Å². The van der Waals surface area contributed by atoms with Crippen molar-refractivity contribution in [2.45, 2.75) is 25.8 Å². The molecule has 3 rings (SSSR count). The fraction of sp³-hybridized carbons (Fsp3) is 0.333. The largest absolute Gasteiger partial charge is 0.326 e. The molecular formula is C21H23F2N3O2. The van der Waals surface area contributed by atoms with Crippen LogP contribution in [0.5, 0.6) is 0 Å². The third-order valence-electron chi connectivity index (χ3n) is 4.98. The highest BCUT2D eigenvalue weighted by atomic mass is 19.1. The van der Waals surface area contributed by atoms with Gasteiger partial charge >= 0.3 is 0 Å². The topological polar surface area (TPSA) is 61.4 Å². The molecular weight excluding hydrogens is 364 g/mol. The maximum Gasteiger partial charge on any atom is 0.241 e. The van der Waals surface area contributed by atoms with Crippen molar-refractivity contribution in [3.05, 3.63) is 60.2 Å². The first kappa shape index (κ1) is 19.9. The third-order valence-corrected chi connectivity index (χ3v) is 4.98. The van der Waals surface area contributed by atoms with Crippen LogP contribution in [0.15, 0.2) is 48.5 Å². The highest BCUT2D eigenvalue weighted by Gasteiger charge is 2.31. The van der Waals surface area contributed by atoms with Crippen molar-refractivity contribution in [3.8, 4) is 0 Å². The van der Waals surface area contributed by atoms with Crippen LogP contribution in [0.25, 0.3) is 0 Å². The molecule has 1 saturated heterocycles. The van der Waals surface area contributed by atoms with Gasteiger partial charge in [0.05, 0.1) is 17.6 Å². The molecule has 0 aliphatic carbocycles. The van der Waals surface area contributed by atoms with Gasteiger partial charge in [0.2, 0.25) is 11.8 Å². The molecule has 0 saturated carbocycles. The Hall–Kier alpha value is -2.80. The summed E-state index contributed by atoms with van der Waals surface area (Å²) in [5.74, 6) is -2.22. The molecule has 1 aliphatic heterocycles. The van der Waals surface area contributed by atoms with E-state index in [0.29, 0.717) is 13.1 Å². The quantitative estimate of drug-likeness (QED) is 0.823. The Morgan fingerprint density at radius 2 is 1.86 bits per heavy atom. The summed E-state index contributed by atoms with van der Waals surface area (Å²) in [6, 6.07) is 11.7. The summed E-state index contributed by atoms with van der Waals surface area (Å²) < 4.78 is 26.8. The van der Waals surface area contributed by atoms with Crippen LogP contribution in [0.1, 0.15) is 19.8 Å². The normalized spacial score (nSPS) is 18.3. The van der Waals surface area contributed by atoms with E-state index in [2.05, 4.69) is 10.6 Å². The molecule has 28 heavy (non-hydrogen) atoms. The Kier molecular flexibility index (Phi) is 6.36. The molecule has 1 heterocycles. The standard InChI is InChI=1S/C21H23F2N3O2/c1-14(20(27)25-19-10-9-16(22)12-18(19)23)26-11-5-6-15(13-26)21(28)24-17-7-3-2-4-8-17/h2-4,7-10,12,14-15H,5-6,11,13H2,1H3,(H,24,28)(H,25,27)/t14-,15+/m0/s1. The number of piperidine rings is 1. The Morgan fingerprint density at radius 1 is 1.11 bits per heavy atom. The number of benzene rings is 2. The summed E-state index contributed by atoms with van der Waals surface area (Å²) in [7, 11) is 0. The highest BCUT2D eigenvalue weighted by molar-refractivity contribution is 5.95. The zero-order valence-electron chi connectivity index (χ0n) is 15.6. The van der Waals surface area contributed by atoms with Crippen molar-refractivity contribution in [2.75, 3.05) is 23.7 Å². The maximum atomic E-state index is 13.8. The lowest BCUT2D eigenvalue weighted by molar-refractivity contribution is -0.125. The van der Waals surface area contributed by atoms with Gasteiger partial charge in [-0.1, -0.05) is 18.2 Å². The van der Waals surface area contributed by atoms with Crippen LogP contribution in [-0.4, -0.2) is 35.8 Å². The molecule has 2 amide bonds. The van der Waals surface area contributed by atoms with Gasteiger partial charge in [-0.3, -0.25) is 14.5 Å². The molecule has 0 unspecified atom stereocenters. The van der Waals surface area contributed by atoms with E-state index in [0.717, 1.165) is 30.7 Å². The van der Waals surface area contributed by atoms with E-state index in [4.69, 9.17) is 0 Å². The van der Waals surface area contributed by atoms with Crippen molar-refractivity contribution in [3.63, 3.8) is 0 Å². The number of carbonyl (C=O) groups is 2. The second kappa shape index (κ2) is 8.93. The van der Waals surface area contributed by atoms with E-state index >= 15 is 0 Å². The molecule has 2 atom stereocenters. The monoisotopic (exact) mass is 387 g/mol. The minimum atomic E-state index is -0.820. The third kappa shape index (κ3) is 4.92. The van der Waals surface area contributed by atoms with Gasteiger partial charge < -0.3 is 10.6 Å². The average molecular weight is 387 g/mol. The number of amides is 2. The van der Waals surface area contributed by atoms with Crippen LogP contribution in [-0.2, 0) is 9.59 Å². The smallest absolute Gasteiger partial charge is 0.241 e. The minimum Gasteiger partial charge on any atom is -0.326 e. The van der Waals surface area contributed by atoms with Gasteiger partial charge in [0.25, 0.3) is 0 Å². The Morgan fingerprint density at radius 3 is 2.57 bits per heavy atom. The summed E-state index contributed by atoms with van der Waals surface area (Å²) in [5, 5.41) is 5.40. The van der Waals surface area contributed by atoms with Crippen LogP contribution in [0.4, 0.5) is 20.2 Å². The summed E-state index contributed by atoms with van der Waals surface area (Å²) >= 11 is 0. The van der Waals surface area contributed by atoms with Crippen LogP contribution >= 0.6 is 0 Å². The number of hydrogen-bond donors (Lipinski definition) is 2.